The van der Waals surface area contributed by atoms with Crippen LogP contribution in [-0.4, -0.2) is 22.4 Å². The maximum Gasteiger partial charge on any atom is 0.320 e. The largest absolute Gasteiger partial charge is 0.334 e. The van der Waals surface area contributed by atoms with Crippen molar-refractivity contribution in [3.8, 4) is 0 Å². The van der Waals surface area contributed by atoms with Gasteiger partial charge in [-0.1, -0.05) is 36.4 Å². The van der Waals surface area contributed by atoms with Crippen LogP contribution in [0.25, 0.3) is 0 Å². The molecule has 1 heterocycles. The smallest absolute Gasteiger partial charge is 0.320 e. The summed E-state index contributed by atoms with van der Waals surface area (Å²) < 4.78 is 1.78. The molecule has 0 unspecified atom stereocenters. The van der Waals surface area contributed by atoms with Crippen LogP contribution >= 0.6 is 0 Å². The zero-order chi connectivity index (χ0) is 13.5. The van der Waals surface area contributed by atoms with Crippen molar-refractivity contribution in [3.05, 3.63) is 60.8 Å². The van der Waals surface area contributed by atoms with E-state index in [1.165, 1.54) is 0 Å². The highest BCUT2D eigenvalue weighted by atomic mass is 16.2. The summed E-state index contributed by atoms with van der Waals surface area (Å²) in [6.07, 6.45) is 3.45. The molecule has 2 N–H and O–H groups in total. The number of carbonyl (C=O) groups is 1. The quantitative estimate of drug-likeness (QED) is 0.806. The molecule has 0 atom stereocenters. The number of nitrogens with one attached hydrogen (secondary N) is 2. The number of nitrogens with zero attached hydrogens (tertiary/aromatic N) is 2. The molecule has 0 radical (unpaired) electrons. The van der Waals surface area contributed by atoms with E-state index >= 15 is 0 Å². The molecular weight excluding hydrogens is 240 g/mol. The minimum atomic E-state index is -0.287. The molecule has 5 nitrogen and oxygen atoms in total. The Morgan fingerprint density at radius 1 is 1.32 bits per heavy atom. The summed E-state index contributed by atoms with van der Waals surface area (Å²) in [5.74, 6) is 0.525. The van der Waals surface area contributed by atoms with Gasteiger partial charge < -0.3 is 5.32 Å². The Morgan fingerprint density at radius 2 is 2.11 bits per heavy atom. The van der Waals surface area contributed by atoms with E-state index in [4.69, 9.17) is 0 Å². The lowest BCUT2D eigenvalue weighted by atomic mass is 10.2. The van der Waals surface area contributed by atoms with Crippen molar-refractivity contribution in [2.45, 2.75) is 6.54 Å². The number of urea groups is 1. The monoisotopic (exact) mass is 256 g/mol. The number of hydrogen-bond donors (Lipinski definition) is 2. The average Bonchev–Trinajstić information content (AvgIpc) is 2.85. The highest BCUT2D eigenvalue weighted by Gasteiger charge is 2.03. The number of amides is 2. The number of benzene rings is 1. The Balaban J connectivity index is 1.92. The van der Waals surface area contributed by atoms with E-state index in [1.807, 2.05) is 36.5 Å². The molecule has 0 saturated heterocycles. The predicted molar refractivity (Wildman–Crippen MR) is 75.0 cm³/mol. The molecule has 1 aromatic heterocycles. The van der Waals surface area contributed by atoms with Crippen molar-refractivity contribution in [2.24, 2.45) is 0 Å². The number of anilines is 1. The second-order valence-corrected chi connectivity index (χ2v) is 4.01. The fourth-order valence-corrected chi connectivity index (χ4v) is 1.61. The van der Waals surface area contributed by atoms with Crippen LogP contribution in [0.3, 0.4) is 0 Å². The van der Waals surface area contributed by atoms with Crippen molar-refractivity contribution in [2.75, 3.05) is 11.9 Å². The van der Waals surface area contributed by atoms with Crippen molar-refractivity contribution < 1.29 is 4.79 Å². The molecule has 0 saturated carbocycles. The van der Waals surface area contributed by atoms with Gasteiger partial charge in [0, 0.05) is 18.8 Å². The molecule has 98 valence electrons. The summed E-state index contributed by atoms with van der Waals surface area (Å²) in [4.78, 5) is 11.4. The first-order chi connectivity index (χ1) is 9.28. The maximum atomic E-state index is 11.4. The van der Waals surface area contributed by atoms with E-state index < -0.39 is 0 Å². The first-order valence-corrected chi connectivity index (χ1v) is 6.01. The SMILES string of the molecule is C=CCNC(=O)Nc1ccn(Cc2ccccc2)n1. The summed E-state index contributed by atoms with van der Waals surface area (Å²) in [5, 5.41) is 9.55. The van der Waals surface area contributed by atoms with Crippen molar-refractivity contribution >= 4 is 11.8 Å². The standard InChI is InChI=1S/C14H16N4O/c1-2-9-15-14(19)16-13-8-10-18(17-13)11-12-6-4-3-5-7-12/h2-8,10H,1,9,11H2,(H2,15,16,17,19). The van der Waals surface area contributed by atoms with Crippen molar-refractivity contribution in [1.29, 1.82) is 0 Å². The molecule has 19 heavy (non-hydrogen) atoms. The van der Waals surface area contributed by atoms with Gasteiger partial charge in [0.15, 0.2) is 5.82 Å². The topological polar surface area (TPSA) is 59.0 Å². The Morgan fingerprint density at radius 3 is 2.84 bits per heavy atom. The van der Waals surface area contributed by atoms with Gasteiger partial charge in [-0.3, -0.25) is 10.00 Å². The molecule has 0 aliphatic rings. The average molecular weight is 256 g/mol. The molecule has 5 heteroatoms. The van der Waals surface area contributed by atoms with Gasteiger partial charge in [0.1, 0.15) is 0 Å². The van der Waals surface area contributed by atoms with Crippen LogP contribution in [0.4, 0.5) is 10.6 Å². The molecular formula is C14H16N4O. The van der Waals surface area contributed by atoms with E-state index in [-0.39, 0.29) is 6.03 Å². The molecule has 1 aromatic carbocycles. The number of carbonyl (C=O) groups excluding carboxylic acids is 1. The van der Waals surface area contributed by atoms with Gasteiger partial charge in [-0.25, -0.2) is 4.79 Å². The molecule has 0 bridgehead atoms. The van der Waals surface area contributed by atoms with Crippen LogP contribution in [0.5, 0.6) is 0 Å². The Kier molecular flexibility index (Phi) is 4.34. The molecule has 2 amide bonds. The second-order valence-electron chi connectivity index (χ2n) is 4.01. The molecule has 0 spiro atoms. The Bertz CT molecular complexity index is 548. The minimum absolute atomic E-state index is 0.287. The third-order valence-electron chi connectivity index (χ3n) is 2.48. The third kappa shape index (κ3) is 3.99. The molecule has 2 rings (SSSR count). The lowest BCUT2D eigenvalue weighted by Crippen LogP contribution is -2.28. The first-order valence-electron chi connectivity index (χ1n) is 6.01. The second kappa shape index (κ2) is 6.39. The lowest BCUT2D eigenvalue weighted by Gasteiger charge is -2.03. The highest BCUT2D eigenvalue weighted by molar-refractivity contribution is 5.88. The Hall–Kier alpha value is -2.56. The Labute approximate surface area is 111 Å². The van der Waals surface area contributed by atoms with Gasteiger partial charge in [-0.05, 0) is 5.56 Å². The van der Waals surface area contributed by atoms with Crippen LogP contribution in [0.1, 0.15) is 5.56 Å². The summed E-state index contributed by atoms with van der Waals surface area (Å²) in [5.41, 5.74) is 1.16. The number of aromatic nitrogens is 2. The fraction of sp³-hybridized carbons (Fsp3) is 0.143. The van der Waals surface area contributed by atoms with Crippen LogP contribution in [0.15, 0.2) is 55.3 Å². The van der Waals surface area contributed by atoms with Crippen LogP contribution in [0, 0.1) is 0 Å². The zero-order valence-corrected chi connectivity index (χ0v) is 10.5. The van der Waals surface area contributed by atoms with Gasteiger partial charge in [0.25, 0.3) is 0 Å². The summed E-state index contributed by atoms with van der Waals surface area (Å²) in [7, 11) is 0. The summed E-state index contributed by atoms with van der Waals surface area (Å²) in [6.45, 7) is 4.63. The van der Waals surface area contributed by atoms with E-state index in [1.54, 1.807) is 16.8 Å². The normalized spacial score (nSPS) is 9.89. The van der Waals surface area contributed by atoms with Crippen LogP contribution in [-0.2, 0) is 6.54 Å². The first kappa shape index (κ1) is 12.9. The van der Waals surface area contributed by atoms with Crippen molar-refractivity contribution in [1.82, 2.24) is 15.1 Å². The van der Waals surface area contributed by atoms with E-state index in [9.17, 15) is 4.79 Å². The summed E-state index contributed by atoms with van der Waals surface area (Å²) >= 11 is 0. The predicted octanol–water partition coefficient (Wildman–Crippen LogP) is 2.24. The maximum absolute atomic E-state index is 11.4. The minimum Gasteiger partial charge on any atom is -0.334 e. The summed E-state index contributed by atoms with van der Waals surface area (Å²) in [6, 6.07) is 11.5. The number of hydrogen-bond acceptors (Lipinski definition) is 2. The van der Waals surface area contributed by atoms with E-state index in [0.29, 0.717) is 18.9 Å². The molecule has 0 fully saturated rings. The van der Waals surface area contributed by atoms with Gasteiger partial charge in [-0.2, -0.15) is 5.10 Å². The number of rotatable bonds is 5. The zero-order valence-electron chi connectivity index (χ0n) is 10.5. The molecule has 0 aliphatic heterocycles. The van der Waals surface area contributed by atoms with Gasteiger partial charge in [-0.15, -0.1) is 6.58 Å². The highest BCUT2D eigenvalue weighted by Crippen LogP contribution is 2.06. The van der Waals surface area contributed by atoms with E-state index in [2.05, 4.69) is 22.3 Å². The van der Waals surface area contributed by atoms with Crippen LogP contribution in [0.2, 0.25) is 0 Å². The third-order valence-corrected chi connectivity index (χ3v) is 2.48. The van der Waals surface area contributed by atoms with Gasteiger partial charge in [0.2, 0.25) is 0 Å². The van der Waals surface area contributed by atoms with Gasteiger partial charge >= 0.3 is 6.03 Å². The fourth-order valence-electron chi connectivity index (χ4n) is 1.61. The molecule has 0 aliphatic carbocycles. The van der Waals surface area contributed by atoms with Crippen molar-refractivity contribution in [3.63, 3.8) is 0 Å². The van der Waals surface area contributed by atoms with Crippen LogP contribution < -0.4 is 10.6 Å². The lowest BCUT2D eigenvalue weighted by molar-refractivity contribution is 0.253. The van der Waals surface area contributed by atoms with Gasteiger partial charge in [0.05, 0.1) is 6.54 Å². The van der Waals surface area contributed by atoms with E-state index in [0.717, 1.165) is 5.56 Å². The molecule has 2 aromatic rings.